The normalized spacial score (nSPS) is 8.92. The van der Waals surface area contributed by atoms with Crippen molar-refractivity contribution in [2.45, 2.75) is 0 Å². The Morgan fingerprint density at radius 3 is 2.67 bits per heavy atom. The van der Waals surface area contributed by atoms with Gasteiger partial charge in [-0.15, -0.1) is 6.42 Å². The number of rotatable bonds is 1. The average Bonchev–Trinajstić information content (AvgIpc) is 2.03. The van der Waals surface area contributed by atoms with Gasteiger partial charge in [0.15, 0.2) is 5.75 Å². The summed E-state index contributed by atoms with van der Waals surface area (Å²) in [6.45, 7) is 0. The van der Waals surface area contributed by atoms with E-state index in [-0.39, 0.29) is 5.56 Å². The summed E-state index contributed by atoms with van der Waals surface area (Å²) in [7, 11) is 0. The lowest BCUT2D eigenvalue weighted by Crippen LogP contribution is -1.91. The fourth-order valence-electron chi connectivity index (χ4n) is 0.840. The third kappa shape index (κ3) is 1.20. The molecule has 0 heterocycles. The minimum absolute atomic E-state index is 0.0833. The molecule has 0 bridgehead atoms. The van der Waals surface area contributed by atoms with Crippen molar-refractivity contribution in [3.05, 3.63) is 33.9 Å². The highest BCUT2D eigenvalue weighted by Crippen LogP contribution is 2.28. The number of nitro benzene ring substituents is 1. The van der Waals surface area contributed by atoms with E-state index in [1.807, 2.05) is 0 Å². The van der Waals surface area contributed by atoms with Crippen molar-refractivity contribution < 1.29 is 10.0 Å². The minimum atomic E-state index is -0.704. The molecule has 0 aliphatic carbocycles. The average molecular weight is 163 g/mol. The summed E-state index contributed by atoms with van der Waals surface area (Å²) in [5.74, 6) is 1.71. The Morgan fingerprint density at radius 2 is 2.25 bits per heavy atom. The topological polar surface area (TPSA) is 63.4 Å². The number of terminal acetylenes is 1. The number of phenolic OH excluding ortho intramolecular Hbond substituents is 1. The largest absolute Gasteiger partial charge is 0.502 e. The van der Waals surface area contributed by atoms with E-state index in [2.05, 4.69) is 5.92 Å². The summed E-state index contributed by atoms with van der Waals surface area (Å²) in [5, 5.41) is 19.4. The van der Waals surface area contributed by atoms with Gasteiger partial charge in [-0.3, -0.25) is 10.1 Å². The van der Waals surface area contributed by atoms with E-state index >= 15 is 0 Å². The molecule has 0 unspecified atom stereocenters. The molecule has 60 valence electrons. The summed E-state index contributed by atoms with van der Waals surface area (Å²) in [4.78, 5) is 9.65. The van der Waals surface area contributed by atoms with Gasteiger partial charge in [0, 0.05) is 0 Å². The zero-order valence-electron chi connectivity index (χ0n) is 6.02. The smallest absolute Gasteiger partial charge is 0.326 e. The molecule has 12 heavy (non-hydrogen) atoms. The van der Waals surface area contributed by atoms with Crippen LogP contribution in [0.3, 0.4) is 0 Å². The van der Waals surface area contributed by atoms with Gasteiger partial charge in [-0.2, -0.15) is 0 Å². The molecule has 0 saturated carbocycles. The molecular weight excluding hydrogens is 158 g/mol. The molecule has 0 amide bonds. The summed E-state index contributed by atoms with van der Waals surface area (Å²) in [6, 6.07) is 4.08. The van der Waals surface area contributed by atoms with E-state index < -0.39 is 16.4 Å². The number of para-hydroxylation sites is 1. The number of nitro groups is 1. The van der Waals surface area contributed by atoms with Crippen LogP contribution in [-0.4, -0.2) is 10.0 Å². The molecule has 0 spiro atoms. The number of benzene rings is 1. The van der Waals surface area contributed by atoms with Crippen molar-refractivity contribution in [3.8, 4) is 18.1 Å². The van der Waals surface area contributed by atoms with Crippen LogP contribution in [0.5, 0.6) is 5.75 Å². The van der Waals surface area contributed by atoms with Crippen LogP contribution >= 0.6 is 0 Å². The molecular formula is C8H5NO3. The van der Waals surface area contributed by atoms with E-state index in [1.165, 1.54) is 18.2 Å². The maximum atomic E-state index is 10.4. The molecule has 4 nitrogen and oxygen atoms in total. The van der Waals surface area contributed by atoms with Gasteiger partial charge in [0.2, 0.25) is 0 Å². The minimum Gasteiger partial charge on any atom is -0.502 e. The Kier molecular flexibility index (Phi) is 1.97. The van der Waals surface area contributed by atoms with Crippen molar-refractivity contribution in [3.63, 3.8) is 0 Å². The van der Waals surface area contributed by atoms with E-state index in [0.29, 0.717) is 0 Å². The fraction of sp³-hybridized carbons (Fsp3) is 0. The lowest BCUT2D eigenvalue weighted by molar-refractivity contribution is -0.386. The van der Waals surface area contributed by atoms with Gasteiger partial charge < -0.3 is 5.11 Å². The predicted molar refractivity (Wildman–Crippen MR) is 42.7 cm³/mol. The lowest BCUT2D eigenvalue weighted by atomic mass is 10.2. The van der Waals surface area contributed by atoms with Gasteiger partial charge in [-0.05, 0) is 12.1 Å². The van der Waals surface area contributed by atoms with Crippen LogP contribution < -0.4 is 0 Å². The molecule has 4 heteroatoms. The van der Waals surface area contributed by atoms with Crippen molar-refractivity contribution in [1.29, 1.82) is 0 Å². The zero-order chi connectivity index (χ0) is 9.14. The third-order valence-corrected chi connectivity index (χ3v) is 1.35. The van der Waals surface area contributed by atoms with Gasteiger partial charge in [-0.25, -0.2) is 0 Å². The number of aromatic hydroxyl groups is 1. The van der Waals surface area contributed by atoms with Crippen molar-refractivity contribution in [2.24, 2.45) is 0 Å². The number of phenols is 1. The zero-order valence-corrected chi connectivity index (χ0v) is 6.02. The van der Waals surface area contributed by atoms with Crippen LogP contribution in [0.4, 0.5) is 5.69 Å². The highest BCUT2D eigenvalue weighted by Gasteiger charge is 2.16. The van der Waals surface area contributed by atoms with Crippen LogP contribution in [-0.2, 0) is 0 Å². The standard InChI is InChI=1S/C8H5NO3/c1-2-6-4-3-5-7(10)8(6)9(11)12/h1,3-5,10H. The van der Waals surface area contributed by atoms with Crippen molar-refractivity contribution in [1.82, 2.24) is 0 Å². The molecule has 0 aliphatic heterocycles. The third-order valence-electron chi connectivity index (χ3n) is 1.35. The Labute approximate surface area is 68.6 Å². The molecule has 0 aliphatic rings. The predicted octanol–water partition coefficient (Wildman–Crippen LogP) is 1.28. The Morgan fingerprint density at radius 1 is 1.58 bits per heavy atom. The molecule has 1 rings (SSSR count). The second-order valence-corrected chi connectivity index (χ2v) is 2.07. The summed E-state index contributed by atoms with van der Waals surface area (Å²) >= 11 is 0. The van der Waals surface area contributed by atoms with Gasteiger partial charge in [-0.1, -0.05) is 12.0 Å². The molecule has 0 saturated heterocycles. The van der Waals surface area contributed by atoms with Crippen LogP contribution in [0.2, 0.25) is 0 Å². The molecule has 1 aromatic carbocycles. The van der Waals surface area contributed by atoms with E-state index in [4.69, 9.17) is 11.5 Å². The first-order valence-corrected chi connectivity index (χ1v) is 3.10. The molecule has 1 aromatic rings. The van der Waals surface area contributed by atoms with E-state index in [0.717, 1.165) is 0 Å². The molecule has 0 fully saturated rings. The summed E-state index contributed by atoms with van der Waals surface area (Å²) in [5.41, 5.74) is -0.333. The van der Waals surface area contributed by atoms with Crippen LogP contribution in [0.15, 0.2) is 18.2 Å². The quantitative estimate of drug-likeness (QED) is 0.385. The number of hydrogen-bond acceptors (Lipinski definition) is 3. The van der Waals surface area contributed by atoms with Crippen molar-refractivity contribution in [2.75, 3.05) is 0 Å². The molecule has 0 radical (unpaired) electrons. The van der Waals surface area contributed by atoms with Gasteiger partial charge in [0.1, 0.15) is 5.56 Å². The van der Waals surface area contributed by atoms with Crippen LogP contribution in [0.1, 0.15) is 5.56 Å². The van der Waals surface area contributed by atoms with Crippen LogP contribution in [0.25, 0.3) is 0 Å². The first-order chi connectivity index (χ1) is 5.66. The summed E-state index contributed by atoms with van der Waals surface area (Å²) in [6.07, 6.45) is 4.99. The molecule has 0 aromatic heterocycles. The Balaban J connectivity index is 3.42. The Bertz CT molecular complexity index is 365. The van der Waals surface area contributed by atoms with Gasteiger partial charge >= 0.3 is 5.69 Å². The Hall–Kier alpha value is -2.02. The highest BCUT2D eigenvalue weighted by molar-refractivity contribution is 5.58. The van der Waals surface area contributed by atoms with E-state index in [1.54, 1.807) is 0 Å². The first-order valence-electron chi connectivity index (χ1n) is 3.10. The maximum Gasteiger partial charge on any atom is 0.326 e. The van der Waals surface area contributed by atoms with E-state index in [9.17, 15) is 10.1 Å². The first kappa shape index (κ1) is 8.08. The second kappa shape index (κ2) is 2.93. The highest BCUT2D eigenvalue weighted by atomic mass is 16.6. The fourth-order valence-corrected chi connectivity index (χ4v) is 0.840. The van der Waals surface area contributed by atoms with Gasteiger partial charge in [0.05, 0.1) is 4.92 Å². The molecule has 0 atom stereocenters. The number of hydrogen-bond donors (Lipinski definition) is 1. The van der Waals surface area contributed by atoms with Crippen molar-refractivity contribution >= 4 is 5.69 Å². The van der Waals surface area contributed by atoms with Gasteiger partial charge in [0.25, 0.3) is 0 Å². The maximum absolute atomic E-state index is 10.4. The summed E-state index contributed by atoms with van der Waals surface area (Å²) < 4.78 is 0. The second-order valence-electron chi connectivity index (χ2n) is 2.07. The SMILES string of the molecule is C#Cc1cccc(O)c1[N+](=O)[O-]. The lowest BCUT2D eigenvalue weighted by Gasteiger charge is -1.96. The number of nitrogens with zero attached hydrogens (tertiary/aromatic N) is 1. The van der Waals surface area contributed by atoms with Crippen LogP contribution in [0, 0.1) is 22.5 Å². The monoisotopic (exact) mass is 163 g/mol. The molecule has 1 N–H and O–H groups in total.